The molecule has 1 unspecified atom stereocenters. The summed E-state index contributed by atoms with van der Waals surface area (Å²) in [4.78, 5) is 0. The summed E-state index contributed by atoms with van der Waals surface area (Å²) in [6.07, 6.45) is 8.62. The maximum absolute atomic E-state index is 5.71. The molecular formula is C7H14NU-. The summed E-state index contributed by atoms with van der Waals surface area (Å²) in [5.41, 5.74) is 5.71. The summed E-state index contributed by atoms with van der Waals surface area (Å²) in [5.74, 6) is 0. The molecule has 0 aromatic heterocycles. The van der Waals surface area contributed by atoms with Gasteiger partial charge in [0.15, 0.2) is 0 Å². The molecule has 1 saturated carbocycles. The fourth-order valence-corrected chi connectivity index (χ4v) is 1.14. The molecule has 52 valence electrons. The van der Waals surface area contributed by atoms with Crippen LogP contribution in [0.5, 0.6) is 0 Å². The Morgan fingerprint density at radius 1 is 1.22 bits per heavy atom. The smallest absolute Gasteiger partial charge is 0.00136 e. The first-order valence-corrected chi connectivity index (χ1v) is 3.47. The summed E-state index contributed by atoms with van der Waals surface area (Å²) in [6, 6.07) is 0.494. The van der Waals surface area contributed by atoms with Crippen LogP contribution in [0, 0.1) is 37.5 Å². The molecule has 0 aromatic rings. The Morgan fingerprint density at radius 2 is 2.00 bits per heavy atom. The van der Waals surface area contributed by atoms with E-state index in [2.05, 4.69) is 6.42 Å². The molecule has 0 aromatic carbocycles. The maximum atomic E-state index is 5.71. The zero-order valence-electron chi connectivity index (χ0n) is 5.77. The van der Waals surface area contributed by atoms with Crippen LogP contribution in [0.3, 0.4) is 0 Å². The van der Waals surface area contributed by atoms with Crippen LogP contribution >= 0.6 is 0 Å². The van der Waals surface area contributed by atoms with E-state index in [9.17, 15) is 0 Å². The summed E-state index contributed by atoms with van der Waals surface area (Å²) in [6.45, 7) is 0. The van der Waals surface area contributed by atoms with E-state index in [1.807, 2.05) is 0 Å². The van der Waals surface area contributed by atoms with Gasteiger partial charge in [-0.15, -0.1) is 0 Å². The fraction of sp³-hybridized carbons (Fsp3) is 0.857. The Morgan fingerprint density at radius 3 is 2.78 bits per heavy atom. The molecule has 1 nitrogen and oxygen atoms in total. The van der Waals surface area contributed by atoms with Crippen LogP contribution in [0.15, 0.2) is 0 Å². The molecular weight excluding hydrogens is 336 g/mol. The van der Waals surface area contributed by atoms with Crippen LogP contribution in [0.25, 0.3) is 0 Å². The Kier molecular flexibility index (Phi) is 6.42. The molecule has 9 heavy (non-hydrogen) atoms. The van der Waals surface area contributed by atoms with Crippen molar-refractivity contribution in [1.29, 1.82) is 0 Å². The molecule has 1 rings (SSSR count). The van der Waals surface area contributed by atoms with Gasteiger partial charge in [0.25, 0.3) is 0 Å². The monoisotopic (exact) mass is 350 g/mol. The SMILES string of the molecule is NC1CC[CH-]CCC1.[U]. The minimum absolute atomic E-state index is 0. The molecule has 1 atom stereocenters. The first kappa shape index (κ1) is 10.0. The van der Waals surface area contributed by atoms with Gasteiger partial charge >= 0.3 is 0 Å². The molecule has 0 aliphatic heterocycles. The van der Waals surface area contributed by atoms with E-state index in [4.69, 9.17) is 5.73 Å². The van der Waals surface area contributed by atoms with E-state index in [1.54, 1.807) is 0 Å². The standard InChI is InChI=1S/C7H14N.U/c8-7-5-3-1-2-4-6-7;/h1,7H,2-6,8H2;/q-1;. The van der Waals surface area contributed by atoms with Crippen molar-refractivity contribution < 1.29 is 31.1 Å². The van der Waals surface area contributed by atoms with Gasteiger partial charge in [0.1, 0.15) is 0 Å². The largest absolute Gasteiger partial charge is 0.328 e. The van der Waals surface area contributed by atoms with Crippen molar-refractivity contribution in [2.24, 2.45) is 5.73 Å². The van der Waals surface area contributed by atoms with Crippen LogP contribution in [0.4, 0.5) is 0 Å². The van der Waals surface area contributed by atoms with Gasteiger partial charge in [0, 0.05) is 37.2 Å². The Labute approximate surface area is 81.1 Å². The Bertz CT molecular complexity index is 57.9. The van der Waals surface area contributed by atoms with Gasteiger partial charge < -0.3 is 12.2 Å². The molecule has 2 N–H and O–H groups in total. The van der Waals surface area contributed by atoms with Gasteiger partial charge in [-0.3, -0.25) is 0 Å². The normalized spacial score (nSPS) is 28.3. The second-order valence-electron chi connectivity index (χ2n) is 2.56. The Hall–Kier alpha value is 1.01. The third-order valence-electron chi connectivity index (χ3n) is 1.72. The summed E-state index contributed by atoms with van der Waals surface area (Å²) >= 11 is 0. The van der Waals surface area contributed by atoms with Gasteiger partial charge in [-0.2, -0.15) is 12.8 Å². The van der Waals surface area contributed by atoms with E-state index >= 15 is 0 Å². The van der Waals surface area contributed by atoms with Gasteiger partial charge in [-0.05, 0) is 6.42 Å². The minimum atomic E-state index is 0. The summed E-state index contributed by atoms with van der Waals surface area (Å²) in [7, 11) is 0. The molecule has 0 spiro atoms. The first-order chi connectivity index (χ1) is 3.89. The van der Waals surface area contributed by atoms with Crippen LogP contribution in [0.1, 0.15) is 32.1 Å². The van der Waals surface area contributed by atoms with E-state index in [0.717, 1.165) is 0 Å². The number of hydrogen-bond acceptors (Lipinski definition) is 1. The summed E-state index contributed by atoms with van der Waals surface area (Å²) < 4.78 is 0. The maximum Gasteiger partial charge on any atom is 0.00136 e. The van der Waals surface area contributed by atoms with Crippen molar-refractivity contribution in [3.63, 3.8) is 0 Å². The third-order valence-corrected chi connectivity index (χ3v) is 1.72. The van der Waals surface area contributed by atoms with Crippen molar-refractivity contribution in [3.8, 4) is 0 Å². The number of hydrogen-bond donors (Lipinski definition) is 1. The predicted octanol–water partition coefficient (Wildman–Crippen LogP) is 1.48. The van der Waals surface area contributed by atoms with Gasteiger partial charge in [-0.1, -0.05) is 12.8 Å². The minimum Gasteiger partial charge on any atom is -0.328 e. The van der Waals surface area contributed by atoms with Gasteiger partial charge in [-0.25, -0.2) is 0 Å². The molecule has 1 aliphatic rings. The third kappa shape index (κ3) is 4.42. The van der Waals surface area contributed by atoms with Crippen molar-refractivity contribution in [2.45, 2.75) is 38.1 Å². The van der Waals surface area contributed by atoms with Crippen molar-refractivity contribution >= 4 is 0 Å². The van der Waals surface area contributed by atoms with E-state index in [-0.39, 0.29) is 31.1 Å². The van der Waals surface area contributed by atoms with Gasteiger partial charge in [0.05, 0.1) is 0 Å². The van der Waals surface area contributed by atoms with Crippen molar-refractivity contribution in [2.75, 3.05) is 0 Å². The first-order valence-electron chi connectivity index (χ1n) is 3.47. The quantitative estimate of drug-likeness (QED) is 0.520. The number of rotatable bonds is 0. The fourth-order valence-electron chi connectivity index (χ4n) is 1.14. The van der Waals surface area contributed by atoms with Crippen molar-refractivity contribution in [3.05, 3.63) is 6.42 Å². The zero-order chi connectivity index (χ0) is 5.82. The average molecular weight is 350 g/mol. The second kappa shape index (κ2) is 5.77. The second-order valence-corrected chi connectivity index (χ2v) is 2.56. The van der Waals surface area contributed by atoms with Crippen LogP contribution in [-0.2, 0) is 0 Å². The summed E-state index contributed by atoms with van der Waals surface area (Å²) in [5, 5.41) is 0. The molecule has 1 aliphatic carbocycles. The van der Waals surface area contributed by atoms with Crippen LogP contribution in [0.2, 0.25) is 0 Å². The Balaban J connectivity index is 0.000000640. The van der Waals surface area contributed by atoms with E-state index in [1.165, 1.54) is 32.1 Å². The number of nitrogens with two attached hydrogens (primary N) is 1. The van der Waals surface area contributed by atoms with Gasteiger partial charge in [0.2, 0.25) is 0 Å². The molecule has 2 heteroatoms. The van der Waals surface area contributed by atoms with Crippen molar-refractivity contribution in [1.82, 2.24) is 0 Å². The average Bonchev–Trinajstić information content (AvgIpc) is 1.94. The molecule has 0 heterocycles. The van der Waals surface area contributed by atoms with Crippen LogP contribution in [-0.4, -0.2) is 6.04 Å². The zero-order valence-corrected chi connectivity index (χ0v) is 9.93. The van der Waals surface area contributed by atoms with E-state index < -0.39 is 0 Å². The van der Waals surface area contributed by atoms with Crippen LogP contribution < -0.4 is 5.73 Å². The predicted molar refractivity (Wildman–Crippen MR) is 35.4 cm³/mol. The molecule has 0 saturated heterocycles. The topological polar surface area (TPSA) is 26.0 Å². The molecule has 0 bridgehead atoms. The molecule has 1 fully saturated rings. The molecule has 0 amide bonds. The van der Waals surface area contributed by atoms with E-state index in [0.29, 0.717) is 6.04 Å². The molecule has 0 radical (unpaired) electrons.